The van der Waals surface area contributed by atoms with Crippen molar-refractivity contribution in [1.29, 1.82) is 0 Å². The molecular formula is C23H24Cl2N2O3. The number of hydrogen-bond donors (Lipinski definition) is 2. The molecule has 0 aliphatic rings. The van der Waals surface area contributed by atoms with Gasteiger partial charge in [0.05, 0.1) is 21.2 Å². The van der Waals surface area contributed by atoms with Gasteiger partial charge >= 0.3 is 0 Å². The van der Waals surface area contributed by atoms with Crippen LogP contribution in [0.2, 0.25) is 10.0 Å². The van der Waals surface area contributed by atoms with Crippen molar-refractivity contribution in [2.24, 2.45) is 0 Å². The molecule has 7 heteroatoms. The van der Waals surface area contributed by atoms with Gasteiger partial charge in [0.2, 0.25) is 0 Å². The first-order valence-electron chi connectivity index (χ1n) is 10.1. The predicted octanol–water partition coefficient (Wildman–Crippen LogP) is 6.24. The molecule has 0 aliphatic heterocycles. The predicted molar refractivity (Wildman–Crippen MR) is 123 cm³/mol. The molecule has 0 bridgehead atoms. The molecule has 0 spiro atoms. The number of carbonyl (C=O) groups is 1. The van der Waals surface area contributed by atoms with Crippen LogP contribution >= 0.6 is 23.2 Å². The number of rotatable bonds is 8. The number of unbranched alkanes of at least 4 members (excludes halogenated alkanes) is 4. The van der Waals surface area contributed by atoms with Crippen LogP contribution in [0.4, 0.5) is 5.69 Å². The highest BCUT2D eigenvalue weighted by atomic mass is 35.5. The first kappa shape index (κ1) is 22.2. The SMILES string of the molecule is CCCCCCCn1c(=O)c(C(=O)Nc2cccc(Cl)c2Cl)c(O)c2ccccc21. The molecule has 1 heterocycles. The molecule has 0 radical (unpaired) electrons. The van der Waals surface area contributed by atoms with Crippen molar-refractivity contribution >= 4 is 45.7 Å². The number of hydrogen-bond acceptors (Lipinski definition) is 3. The van der Waals surface area contributed by atoms with Crippen molar-refractivity contribution in [2.45, 2.75) is 45.6 Å². The Bertz CT molecular complexity index is 1130. The minimum atomic E-state index is -0.729. The number of aryl methyl sites for hydroxylation is 1. The van der Waals surface area contributed by atoms with Crippen LogP contribution in [-0.4, -0.2) is 15.6 Å². The highest BCUT2D eigenvalue weighted by Gasteiger charge is 2.23. The van der Waals surface area contributed by atoms with Gasteiger partial charge in [0.1, 0.15) is 11.3 Å². The lowest BCUT2D eigenvalue weighted by atomic mass is 10.1. The Morgan fingerprint density at radius 1 is 1.03 bits per heavy atom. The van der Waals surface area contributed by atoms with E-state index in [0.29, 0.717) is 17.4 Å². The van der Waals surface area contributed by atoms with Crippen molar-refractivity contribution in [3.63, 3.8) is 0 Å². The number of aromatic hydroxyl groups is 1. The monoisotopic (exact) mass is 446 g/mol. The molecule has 1 amide bonds. The zero-order valence-electron chi connectivity index (χ0n) is 16.8. The van der Waals surface area contributed by atoms with E-state index >= 15 is 0 Å². The highest BCUT2D eigenvalue weighted by Crippen LogP contribution is 2.31. The fourth-order valence-electron chi connectivity index (χ4n) is 3.47. The maximum absolute atomic E-state index is 13.2. The lowest BCUT2D eigenvalue weighted by molar-refractivity contribution is 0.102. The van der Waals surface area contributed by atoms with Crippen LogP contribution in [0.5, 0.6) is 5.75 Å². The van der Waals surface area contributed by atoms with E-state index in [1.807, 2.05) is 0 Å². The molecular weight excluding hydrogens is 423 g/mol. The van der Waals surface area contributed by atoms with Crippen LogP contribution in [0, 0.1) is 0 Å². The quantitative estimate of drug-likeness (QED) is 0.402. The average molecular weight is 447 g/mol. The smallest absolute Gasteiger partial charge is 0.267 e. The number of aromatic nitrogens is 1. The summed E-state index contributed by atoms with van der Waals surface area (Å²) in [4.78, 5) is 26.1. The summed E-state index contributed by atoms with van der Waals surface area (Å²) >= 11 is 12.2. The van der Waals surface area contributed by atoms with Crippen LogP contribution in [-0.2, 0) is 6.54 Å². The molecule has 0 saturated heterocycles. The molecule has 0 fully saturated rings. The van der Waals surface area contributed by atoms with E-state index in [1.165, 1.54) is 0 Å². The first-order chi connectivity index (χ1) is 14.5. The molecule has 2 N–H and O–H groups in total. The van der Waals surface area contributed by atoms with Gasteiger partial charge in [-0.3, -0.25) is 9.59 Å². The third-order valence-corrected chi connectivity index (χ3v) is 5.88. The third kappa shape index (κ3) is 4.63. The fraction of sp³-hybridized carbons (Fsp3) is 0.304. The summed E-state index contributed by atoms with van der Waals surface area (Å²) in [6.07, 6.45) is 5.20. The Morgan fingerprint density at radius 3 is 2.53 bits per heavy atom. The van der Waals surface area contributed by atoms with Crippen LogP contribution in [0.25, 0.3) is 10.9 Å². The Morgan fingerprint density at radius 2 is 1.77 bits per heavy atom. The number of benzene rings is 2. The summed E-state index contributed by atoms with van der Waals surface area (Å²) < 4.78 is 1.56. The van der Waals surface area contributed by atoms with Gasteiger partial charge in [-0.05, 0) is 30.7 Å². The highest BCUT2D eigenvalue weighted by molar-refractivity contribution is 6.44. The number of nitrogens with one attached hydrogen (secondary N) is 1. The zero-order valence-corrected chi connectivity index (χ0v) is 18.3. The van der Waals surface area contributed by atoms with Crippen molar-refractivity contribution < 1.29 is 9.90 Å². The molecule has 1 aromatic heterocycles. The lowest BCUT2D eigenvalue weighted by Gasteiger charge is -2.15. The standard InChI is InChI=1S/C23H24Cl2N2O3/c1-2-3-4-5-8-14-27-18-13-7-6-10-15(18)21(28)19(23(27)30)22(29)26-17-12-9-11-16(24)20(17)25/h6-7,9-13,28H,2-5,8,14H2,1H3,(H,26,29). The zero-order chi connectivity index (χ0) is 21.7. The van der Waals surface area contributed by atoms with Gasteiger partial charge < -0.3 is 15.0 Å². The van der Waals surface area contributed by atoms with Crippen LogP contribution in [0.3, 0.4) is 0 Å². The summed E-state index contributed by atoms with van der Waals surface area (Å²) in [5, 5.41) is 14.2. The number of pyridine rings is 1. The Hall–Kier alpha value is -2.50. The van der Waals surface area contributed by atoms with Gasteiger partial charge in [-0.15, -0.1) is 0 Å². The van der Waals surface area contributed by atoms with Gasteiger partial charge in [0.25, 0.3) is 11.5 Å². The van der Waals surface area contributed by atoms with Gasteiger partial charge in [0.15, 0.2) is 0 Å². The first-order valence-corrected chi connectivity index (χ1v) is 10.8. The van der Waals surface area contributed by atoms with Crippen molar-refractivity contribution in [3.8, 4) is 5.75 Å². The van der Waals surface area contributed by atoms with Crippen LogP contribution in [0.15, 0.2) is 47.3 Å². The third-order valence-electron chi connectivity index (χ3n) is 5.06. The molecule has 0 saturated carbocycles. The number of nitrogens with zero attached hydrogens (tertiary/aromatic N) is 1. The second-order valence-corrected chi connectivity index (χ2v) is 7.95. The molecule has 0 atom stereocenters. The molecule has 3 aromatic rings. The maximum atomic E-state index is 13.2. The number of para-hydroxylation sites is 1. The van der Waals surface area contributed by atoms with E-state index in [-0.39, 0.29) is 27.0 Å². The molecule has 0 aliphatic carbocycles. The Balaban J connectivity index is 2.00. The molecule has 5 nitrogen and oxygen atoms in total. The van der Waals surface area contributed by atoms with E-state index < -0.39 is 11.5 Å². The minimum Gasteiger partial charge on any atom is -0.506 e. The molecule has 3 rings (SSSR count). The normalized spacial score (nSPS) is 11.0. The van der Waals surface area contributed by atoms with Gasteiger partial charge in [-0.2, -0.15) is 0 Å². The minimum absolute atomic E-state index is 0.170. The second kappa shape index (κ2) is 10.0. The molecule has 2 aromatic carbocycles. The van der Waals surface area contributed by atoms with Gasteiger partial charge in [-0.1, -0.05) is 74.0 Å². The van der Waals surface area contributed by atoms with E-state index in [9.17, 15) is 14.7 Å². The lowest BCUT2D eigenvalue weighted by Crippen LogP contribution is -2.30. The number of amides is 1. The second-order valence-electron chi connectivity index (χ2n) is 7.17. The Kier molecular flexibility index (Phi) is 7.40. The molecule has 158 valence electrons. The maximum Gasteiger partial charge on any atom is 0.267 e. The summed E-state index contributed by atoms with van der Waals surface area (Å²) in [5.74, 6) is -1.07. The summed E-state index contributed by atoms with van der Waals surface area (Å²) in [6.45, 7) is 2.62. The van der Waals surface area contributed by atoms with Crippen molar-refractivity contribution in [2.75, 3.05) is 5.32 Å². The van der Waals surface area contributed by atoms with E-state index in [4.69, 9.17) is 23.2 Å². The number of anilines is 1. The topological polar surface area (TPSA) is 71.3 Å². The number of halogens is 2. The average Bonchev–Trinajstić information content (AvgIpc) is 2.73. The number of carbonyl (C=O) groups excluding carboxylic acids is 1. The molecule has 30 heavy (non-hydrogen) atoms. The van der Waals surface area contributed by atoms with Crippen molar-refractivity contribution in [1.82, 2.24) is 4.57 Å². The summed E-state index contributed by atoms with van der Waals surface area (Å²) in [6, 6.07) is 11.8. The molecule has 0 unspecified atom stereocenters. The fourth-order valence-corrected chi connectivity index (χ4v) is 3.82. The Labute approximate surface area is 185 Å². The van der Waals surface area contributed by atoms with E-state index in [2.05, 4.69) is 12.2 Å². The van der Waals surface area contributed by atoms with E-state index in [0.717, 1.165) is 32.1 Å². The number of fused-ring (bicyclic) bond motifs is 1. The van der Waals surface area contributed by atoms with Crippen molar-refractivity contribution in [3.05, 3.63) is 68.4 Å². The van der Waals surface area contributed by atoms with Crippen LogP contribution in [0.1, 0.15) is 49.4 Å². The van der Waals surface area contributed by atoms with Crippen LogP contribution < -0.4 is 10.9 Å². The van der Waals surface area contributed by atoms with Gasteiger partial charge in [-0.25, -0.2) is 0 Å². The largest absolute Gasteiger partial charge is 0.506 e. The summed E-state index contributed by atoms with van der Waals surface area (Å²) in [7, 11) is 0. The summed E-state index contributed by atoms with van der Waals surface area (Å²) in [5.41, 5.74) is 0.0377. The van der Waals surface area contributed by atoms with E-state index in [1.54, 1.807) is 47.0 Å². The van der Waals surface area contributed by atoms with Gasteiger partial charge in [0, 0.05) is 11.9 Å².